The maximum absolute atomic E-state index is 12.0. The molecule has 1 aromatic heterocycles. The summed E-state index contributed by atoms with van der Waals surface area (Å²) in [5, 5.41) is 11.9. The summed E-state index contributed by atoms with van der Waals surface area (Å²) in [5.74, 6) is 2.07. The fraction of sp³-hybridized carbons (Fsp3) is 0.600. The van der Waals surface area contributed by atoms with Gasteiger partial charge in [-0.25, -0.2) is 9.97 Å². The van der Waals surface area contributed by atoms with E-state index < -0.39 is 0 Å². The number of nitrogens with one attached hydrogen (secondary N) is 4. The van der Waals surface area contributed by atoms with Crippen LogP contribution in [-0.2, 0) is 9.59 Å². The second kappa shape index (κ2) is 8.30. The second-order valence-electron chi connectivity index (χ2n) is 5.47. The van der Waals surface area contributed by atoms with Crippen LogP contribution in [0.3, 0.4) is 0 Å². The molecule has 1 saturated heterocycles. The molecule has 4 N–H and O–H groups in total. The van der Waals surface area contributed by atoms with Crippen molar-refractivity contribution in [2.24, 2.45) is 5.92 Å². The van der Waals surface area contributed by atoms with E-state index in [0.717, 1.165) is 18.2 Å². The number of anilines is 2. The van der Waals surface area contributed by atoms with Crippen LogP contribution in [0.1, 0.15) is 25.6 Å². The van der Waals surface area contributed by atoms with E-state index >= 15 is 0 Å². The van der Waals surface area contributed by atoms with Crippen molar-refractivity contribution in [3.8, 4) is 0 Å². The van der Waals surface area contributed by atoms with Gasteiger partial charge in [0.15, 0.2) is 0 Å². The van der Waals surface area contributed by atoms with Crippen LogP contribution in [0.2, 0.25) is 0 Å². The number of rotatable bonds is 7. The predicted octanol–water partition coefficient (Wildman–Crippen LogP) is 0.271. The van der Waals surface area contributed by atoms with Gasteiger partial charge < -0.3 is 21.3 Å². The summed E-state index contributed by atoms with van der Waals surface area (Å²) >= 11 is 0. The van der Waals surface area contributed by atoms with Gasteiger partial charge in [0.25, 0.3) is 0 Å². The Morgan fingerprint density at radius 2 is 2.04 bits per heavy atom. The molecule has 8 heteroatoms. The molecule has 8 nitrogen and oxygen atoms in total. The average molecular weight is 320 g/mol. The SMILES string of the molecule is CCNc1cc(NCCNC(=O)C2CCC(=O)NC2)nc(C)n1. The molecule has 2 rings (SSSR count). The van der Waals surface area contributed by atoms with Crippen LogP contribution in [0.25, 0.3) is 0 Å². The number of aromatic nitrogens is 2. The molecule has 126 valence electrons. The van der Waals surface area contributed by atoms with Crippen molar-refractivity contribution in [3.05, 3.63) is 11.9 Å². The molecule has 1 aliphatic heterocycles. The quantitative estimate of drug-likeness (QED) is 0.537. The number of aryl methyl sites for hydroxylation is 1. The summed E-state index contributed by atoms with van der Waals surface area (Å²) in [6, 6.07) is 1.84. The summed E-state index contributed by atoms with van der Waals surface area (Å²) in [4.78, 5) is 31.7. The van der Waals surface area contributed by atoms with Crippen LogP contribution in [0, 0.1) is 12.8 Å². The molecule has 0 aliphatic carbocycles. The lowest BCUT2D eigenvalue weighted by Gasteiger charge is -2.21. The van der Waals surface area contributed by atoms with Gasteiger partial charge >= 0.3 is 0 Å². The molecule has 1 aromatic rings. The molecule has 0 aromatic carbocycles. The number of hydrogen-bond acceptors (Lipinski definition) is 6. The van der Waals surface area contributed by atoms with Gasteiger partial charge in [-0.15, -0.1) is 0 Å². The Morgan fingerprint density at radius 3 is 2.70 bits per heavy atom. The minimum Gasteiger partial charge on any atom is -0.370 e. The lowest BCUT2D eigenvalue weighted by molar-refractivity contribution is -0.128. The van der Waals surface area contributed by atoms with E-state index in [1.54, 1.807) is 0 Å². The molecule has 1 atom stereocenters. The van der Waals surface area contributed by atoms with Crippen molar-refractivity contribution in [1.82, 2.24) is 20.6 Å². The van der Waals surface area contributed by atoms with Gasteiger partial charge in [0, 0.05) is 38.7 Å². The summed E-state index contributed by atoms with van der Waals surface area (Å²) in [5.41, 5.74) is 0. The Kier molecular flexibility index (Phi) is 6.13. The first-order chi connectivity index (χ1) is 11.1. The van der Waals surface area contributed by atoms with Gasteiger partial charge in [0.2, 0.25) is 11.8 Å². The zero-order valence-electron chi connectivity index (χ0n) is 13.6. The monoisotopic (exact) mass is 320 g/mol. The standard InChI is InChI=1S/C15H24N6O2/c1-3-16-12-8-13(21-10(2)20-12)17-6-7-18-15(23)11-4-5-14(22)19-9-11/h8,11H,3-7,9H2,1-2H3,(H,18,23)(H,19,22)(H2,16,17,20,21). The fourth-order valence-corrected chi connectivity index (χ4v) is 2.41. The largest absolute Gasteiger partial charge is 0.370 e. The minimum atomic E-state index is -0.130. The molecule has 0 spiro atoms. The van der Waals surface area contributed by atoms with Crippen LogP contribution >= 0.6 is 0 Å². The van der Waals surface area contributed by atoms with E-state index in [4.69, 9.17) is 0 Å². The first kappa shape index (κ1) is 17.0. The molecular weight excluding hydrogens is 296 g/mol. The summed E-state index contributed by atoms with van der Waals surface area (Å²) in [6.45, 7) is 6.15. The Morgan fingerprint density at radius 1 is 1.30 bits per heavy atom. The molecule has 0 bridgehead atoms. The zero-order chi connectivity index (χ0) is 16.7. The number of hydrogen-bond donors (Lipinski definition) is 4. The van der Waals surface area contributed by atoms with Gasteiger partial charge in [-0.3, -0.25) is 9.59 Å². The highest BCUT2D eigenvalue weighted by molar-refractivity contribution is 5.83. The Labute approximate surface area is 135 Å². The zero-order valence-corrected chi connectivity index (χ0v) is 13.6. The van der Waals surface area contributed by atoms with Crippen molar-refractivity contribution >= 4 is 23.5 Å². The number of nitrogens with zero attached hydrogens (tertiary/aromatic N) is 2. The van der Waals surface area contributed by atoms with Crippen molar-refractivity contribution in [3.63, 3.8) is 0 Å². The maximum atomic E-state index is 12.0. The number of amides is 2. The summed E-state index contributed by atoms with van der Waals surface area (Å²) < 4.78 is 0. The molecule has 0 saturated carbocycles. The first-order valence-electron chi connectivity index (χ1n) is 7.96. The molecular formula is C15H24N6O2. The third kappa shape index (κ3) is 5.39. The smallest absolute Gasteiger partial charge is 0.224 e. The molecule has 1 fully saturated rings. The molecule has 1 unspecified atom stereocenters. The number of carbonyl (C=O) groups is 2. The lowest BCUT2D eigenvalue weighted by atomic mass is 9.98. The van der Waals surface area contributed by atoms with Crippen LogP contribution in [-0.4, -0.2) is 48.0 Å². The van der Waals surface area contributed by atoms with E-state index in [1.165, 1.54) is 0 Å². The highest BCUT2D eigenvalue weighted by Gasteiger charge is 2.23. The normalized spacial score (nSPS) is 17.3. The molecule has 1 aliphatic rings. The lowest BCUT2D eigenvalue weighted by Crippen LogP contribution is -2.43. The maximum Gasteiger partial charge on any atom is 0.224 e. The van der Waals surface area contributed by atoms with Crippen molar-refractivity contribution < 1.29 is 9.59 Å². The fourth-order valence-electron chi connectivity index (χ4n) is 2.41. The van der Waals surface area contributed by atoms with Crippen LogP contribution < -0.4 is 21.3 Å². The van der Waals surface area contributed by atoms with Crippen LogP contribution in [0.5, 0.6) is 0 Å². The highest BCUT2D eigenvalue weighted by atomic mass is 16.2. The van der Waals surface area contributed by atoms with Gasteiger partial charge in [0.05, 0.1) is 5.92 Å². The number of carbonyl (C=O) groups excluding carboxylic acids is 2. The first-order valence-corrected chi connectivity index (χ1v) is 7.96. The van der Waals surface area contributed by atoms with Crippen molar-refractivity contribution in [2.75, 3.05) is 36.8 Å². The average Bonchev–Trinajstić information content (AvgIpc) is 2.52. The highest BCUT2D eigenvalue weighted by Crippen LogP contribution is 2.11. The Hall–Kier alpha value is -2.38. The Bertz CT molecular complexity index is 553. The number of piperidine rings is 1. The van der Waals surface area contributed by atoms with E-state index in [1.807, 2.05) is 19.9 Å². The van der Waals surface area contributed by atoms with Gasteiger partial charge in [-0.05, 0) is 20.3 Å². The minimum absolute atomic E-state index is 0.0148. The third-order valence-electron chi connectivity index (χ3n) is 3.56. The van der Waals surface area contributed by atoms with Gasteiger partial charge in [-0.1, -0.05) is 0 Å². The van der Waals surface area contributed by atoms with E-state index in [9.17, 15) is 9.59 Å². The molecule has 2 heterocycles. The van der Waals surface area contributed by atoms with Gasteiger partial charge in [-0.2, -0.15) is 0 Å². The second-order valence-corrected chi connectivity index (χ2v) is 5.47. The Balaban J connectivity index is 1.72. The van der Waals surface area contributed by atoms with Gasteiger partial charge in [0.1, 0.15) is 17.5 Å². The van der Waals surface area contributed by atoms with E-state index in [2.05, 4.69) is 31.2 Å². The molecule has 0 radical (unpaired) electrons. The molecule has 2 amide bonds. The summed E-state index contributed by atoms with van der Waals surface area (Å²) in [7, 11) is 0. The topological polar surface area (TPSA) is 108 Å². The van der Waals surface area contributed by atoms with Crippen molar-refractivity contribution in [1.29, 1.82) is 0 Å². The summed E-state index contributed by atoms with van der Waals surface area (Å²) in [6.07, 6.45) is 1.03. The van der Waals surface area contributed by atoms with Crippen LogP contribution in [0.4, 0.5) is 11.6 Å². The van der Waals surface area contributed by atoms with E-state index in [0.29, 0.717) is 38.3 Å². The predicted molar refractivity (Wildman–Crippen MR) is 88.2 cm³/mol. The van der Waals surface area contributed by atoms with Crippen LogP contribution in [0.15, 0.2) is 6.07 Å². The van der Waals surface area contributed by atoms with E-state index in [-0.39, 0.29) is 17.7 Å². The molecule has 23 heavy (non-hydrogen) atoms. The van der Waals surface area contributed by atoms with Crippen molar-refractivity contribution in [2.45, 2.75) is 26.7 Å². The third-order valence-corrected chi connectivity index (χ3v) is 3.56.